The highest BCUT2D eigenvalue weighted by Crippen LogP contribution is 2.34. The monoisotopic (exact) mass is 248 g/mol. The molecule has 0 spiro atoms. The molecule has 0 saturated heterocycles. The van der Waals surface area contributed by atoms with Crippen molar-refractivity contribution < 1.29 is 5.11 Å². The molecule has 0 radical (unpaired) electrons. The third-order valence-corrected chi connectivity index (χ3v) is 3.43. The molecule has 0 unspecified atom stereocenters. The minimum atomic E-state index is 0.0791. The fourth-order valence-corrected chi connectivity index (χ4v) is 2.46. The number of aromatic nitrogens is 1. The van der Waals surface area contributed by atoms with E-state index in [-0.39, 0.29) is 6.61 Å². The number of aliphatic hydroxyl groups is 1. The van der Waals surface area contributed by atoms with E-state index in [1.165, 1.54) is 12.8 Å². The molecule has 1 saturated carbocycles. The number of anilines is 1. The first kappa shape index (κ1) is 13.3. The van der Waals surface area contributed by atoms with Gasteiger partial charge in [0, 0.05) is 23.8 Å². The number of aliphatic hydroxyl groups excluding tert-OH is 1. The zero-order chi connectivity index (χ0) is 13.3. The molecule has 0 atom stereocenters. The molecule has 1 aromatic rings. The highest BCUT2D eigenvalue weighted by molar-refractivity contribution is 5.53. The molecule has 1 aliphatic rings. The van der Waals surface area contributed by atoms with Gasteiger partial charge in [-0.15, -0.1) is 0 Å². The Kier molecular flexibility index (Phi) is 3.91. The SMILES string of the molecule is Cc1cc(C)c(CO)c(N(CC(C)C)C2CC2)n1. The van der Waals surface area contributed by atoms with E-state index in [0.29, 0.717) is 12.0 Å². The van der Waals surface area contributed by atoms with Gasteiger partial charge in [0.1, 0.15) is 5.82 Å². The Labute approximate surface area is 110 Å². The van der Waals surface area contributed by atoms with Crippen molar-refractivity contribution in [3.05, 3.63) is 22.9 Å². The lowest BCUT2D eigenvalue weighted by molar-refractivity contribution is 0.280. The number of aryl methyl sites for hydroxylation is 2. The van der Waals surface area contributed by atoms with Crippen molar-refractivity contribution in [3.63, 3.8) is 0 Å². The van der Waals surface area contributed by atoms with Crippen LogP contribution in [0.15, 0.2) is 6.07 Å². The van der Waals surface area contributed by atoms with Crippen molar-refractivity contribution in [2.24, 2.45) is 5.92 Å². The van der Waals surface area contributed by atoms with Crippen LogP contribution in [0, 0.1) is 19.8 Å². The van der Waals surface area contributed by atoms with E-state index in [1.54, 1.807) is 0 Å². The van der Waals surface area contributed by atoms with Gasteiger partial charge in [0.05, 0.1) is 6.61 Å². The maximum absolute atomic E-state index is 9.61. The molecule has 1 heterocycles. The minimum Gasteiger partial charge on any atom is -0.392 e. The smallest absolute Gasteiger partial charge is 0.134 e. The van der Waals surface area contributed by atoms with E-state index in [1.807, 2.05) is 6.92 Å². The summed E-state index contributed by atoms with van der Waals surface area (Å²) >= 11 is 0. The number of nitrogens with zero attached hydrogens (tertiary/aromatic N) is 2. The second-order valence-corrected chi connectivity index (χ2v) is 5.82. The Balaban J connectivity index is 2.39. The van der Waals surface area contributed by atoms with Crippen LogP contribution >= 0.6 is 0 Å². The molecular weight excluding hydrogens is 224 g/mol. The summed E-state index contributed by atoms with van der Waals surface area (Å²) in [5, 5.41) is 9.61. The molecule has 18 heavy (non-hydrogen) atoms. The Morgan fingerprint density at radius 2 is 2.06 bits per heavy atom. The number of hydrogen-bond acceptors (Lipinski definition) is 3. The third-order valence-electron chi connectivity index (χ3n) is 3.43. The third kappa shape index (κ3) is 2.83. The topological polar surface area (TPSA) is 36.4 Å². The van der Waals surface area contributed by atoms with Crippen LogP contribution in [0.3, 0.4) is 0 Å². The molecule has 3 heteroatoms. The average Bonchev–Trinajstić information content (AvgIpc) is 3.08. The van der Waals surface area contributed by atoms with Gasteiger partial charge < -0.3 is 10.0 Å². The molecule has 1 N–H and O–H groups in total. The summed E-state index contributed by atoms with van der Waals surface area (Å²) in [6.45, 7) is 9.65. The van der Waals surface area contributed by atoms with Gasteiger partial charge in [-0.1, -0.05) is 13.8 Å². The molecule has 0 amide bonds. The minimum absolute atomic E-state index is 0.0791. The van der Waals surface area contributed by atoms with Crippen LogP contribution in [0.25, 0.3) is 0 Å². The van der Waals surface area contributed by atoms with Crippen molar-refractivity contribution >= 4 is 5.82 Å². The predicted molar refractivity (Wildman–Crippen MR) is 74.8 cm³/mol. The lowest BCUT2D eigenvalue weighted by Crippen LogP contribution is -2.32. The van der Waals surface area contributed by atoms with Gasteiger partial charge in [-0.25, -0.2) is 4.98 Å². The molecule has 0 bridgehead atoms. The van der Waals surface area contributed by atoms with Gasteiger partial charge in [-0.05, 0) is 44.2 Å². The van der Waals surface area contributed by atoms with E-state index in [4.69, 9.17) is 0 Å². The predicted octanol–water partition coefficient (Wildman–Crippen LogP) is 2.82. The van der Waals surface area contributed by atoms with Gasteiger partial charge in [0.2, 0.25) is 0 Å². The van der Waals surface area contributed by atoms with Gasteiger partial charge in [0.25, 0.3) is 0 Å². The van der Waals surface area contributed by atoms with Gasteiger partial charge in [-0.2, -0.15) is 0 Å². The van der Waals surface area contributed by atoms with E-state index < -0.39 is 0 Å². The van der Waals surface area contributed by atoms with Gasteiger partial charge in [0.15, 0.2) is 0 Å². The zero-order valence-corrected chi connectivity index (χ0v) is 11.9. The first-order valence-electron chi connectivity index (χ1n) is 6.87. The summed E-state index contributed by atoms with van der Waals surface area (Å²) in [5.74, 6) is 1.62. The number of hydrogen-bond donors (Lipinski definition) is 1. The largest absolute Gasteiger partial charge is 0.392 e. The van der Waals surface area contributed by atoms with Crippen molar-refractivity contribution in [3.8, 4) is 0 Å². The molecular formula is C15H24N2O. The second-order valence-electron chi connectivity index (χ2n) is 5.82. The maximum Gasteiger partial charge on any atom is 0.134 e. The first-order chi connectivity index (χ1) is 8.52. The molecule has 1 fully saturated rings. The van der Waals surface area contributed by atoms with Crippen LogP contribution in [0.2, 0.25) is 0 Å². The van der Waals surface area contributed by atoms with Crippen LogP contribution in [0.4, 0.5) is 5.82 Å². The van der Waals surface area contributed by atoms with Crippen LogP contribution in [-0.2, 0) is 6.61 Å². The number of rotatable bonds is 5. The summed E-state index contributed by atoms with van der Waals surface area (Å²) < 4.78 is 0. The Morgan fingerprint density at radius 3 is 2.56 bits per heavy atom. The fourth-order valence-electron chi connectivity index (χ4n) is 2.46. The van der Waals surface area contributed by atoms with Gasteiger partial charge >= 0.3 is 0 Å². The van der Waals surface area contributed by atoms with Crippen molar-refractivity contribution in [1.29, 1.82) is 0 Å². The van der Waals surface area contributed by atoms with E-state index in [0.717, 1.165) is 29.2 Å². The Hall–Kier alpha value is -1.09. The lowest BCUT2D eigenvalue weighted by atomic mass is 10.1. The van der Waals surface area contributed by atoms with Crippen LogP contribution in [0.1, 0.15) is 43.5 Å². The summed E-state index contributed by atoms with van der Waals surface area (Å²) in [6, 6.07) is 2.68. The van der Waals surface area contributed by atoms with Crippen LogP contribution in [0.5, 0.6) is 0 Å². The summed E-state index contributed by atoms with van der Waals surface area (Å²) in [4.78, 5) is 7.08. The van der Waals surface area contributed by atoms with Crippen molar-refractivity contribution in [1.82, 2.24) is 4.98 Å². The molecule has 0 aliphatic heterocycles. The normalized spacial score (nSPS) is 15.2. The fraction of sp³-hybridized carbons (Fsp3) is 0.667. The highest BCUT2D eigenvalue weighted by Gasteiger charge is 2.31. The molecule has 0 aromatic carbocycles. The average molecular weight is 248 g/mol. The molecule has 1 aliphatic carbocycles. The van der Waals surface area contributed by atoms with Crippen molar-refractivity contribution in [2.75, 3.05) is 11.4 Å². The van der Waals surface area contributed by atoms with Crippen LogP contribution in [-0.4, -0.2) is 22.7 Å². The highest BCUT2D eigenvalue weighted by atomic mass is 16.3. The summed E-state index contributed by atoms with van der Waals surface area (Å²) in [6.07, 6.45) is 2.51. The maximum atomic E-state index is 9.61. The zero-order valence-electron chi connectivity index (χ0n) is 11.9. The first-order valence-corrected chi connectivity index (χ1v) is 6.87. The molecule has 1 aromatic heterocycles. The Bertz CT molecular complexity index is 425. The molecule has 100 valence electrons. The van der Waals surface area contributed by atoms with Gasteiger partial charge in [-0.3, -0.25) is 0 Å². The number of pyridine rings is 1. The lowest BCUT2D eigenvalue weighted by Gasteiger charge is -2.28. The Morgan fingerprint density at radius 1 is 1.39 bits per heavy atom. The standard InChI is InChI=1S/C15H24N2O/c1-10(2)8-17(13-5-6-13)15-14(9-18)11(3)7-12(4)16-15/h7,10,13,18H,5-6,8-9H2,1-4H3. The van der Waals surface area contributed by atoms with E-state index in [2.05, 4.69) is 36.7 Å². The summed E-state index contributed by atoms with van der Waals surface area (Å²) in [7, 11) is 0. The van der Waals surface area contributed by atoms with Crippen LogP contribution < -0.4 is 4.90 Å². The van der Waals surface area contributed by atoms with Crippen molar-refractivity contribution in [2.45, 2.75) is 53.2 Å². The molecule has 3 nitrogen and oxygen atoms in total. The summed E-state index contributed by atoms with van der Waals surface area (Å²) in [5.41, 5.74) is 3.18. The molecule has 2 rings (SSSR count). The second kappa shape index (κ2) is 5.27. The van der Waals surface area contributed by atoms with E-state index >= 15 is 0 Å². The quantitative estimate of drug-likeness (QED) is 0.870. The van der Waals surface area contributed by atoms with E-state index in [9.17, 15) is 5.11 Å².